The highest BCUT2D eigenvalue weighted by Crippen LogP contribution is 2.54. The normalized spacial score (nSPS) is 20.6. The maximum Gasteiger partial charge on any atom is 0.0120 e. The number of rotatable bonds is 2. The molecule has 0 N–H and O–H groups in total. The van der Waals surface area contributed by atoms with Gasteiger partial charge in [-0.1, -0.05) is 87.0 Å². The minimum absolute atomic E-state index is 0.0270. The highest BCUT2D eigenvalue weighted by atomic mass is 14.4. The Labute approximate surface area is 162 Å². The Bertz CT molecular complexity index is 1080. The molecule has 0 radical (unpaired) electrons. The molecule has 1 unspecified atom stereocenters. The fourth-order valence-electron chi connectivity index (χ4n) is 5.28. The predicted molar refractivity (Wildman–Crippen MR) is 116 cm³/mol. The summed E-state index contributed by atoms with van der Waals surface area (Å²) >= 11 is 0. The van der Waals surface area contributed by atoms with Crippen LogP contribution in [-0.2, 0) is 6.42 Å². The first kappa shape index (κ1) is 16.6. The predicted octanol–water partition coefficient (Wildman–Crippen LogP) is 7.11. The number of allylic oxidation sites excluding steroid dienone is 6. The van der Waals surface area contributed by atoms with E-state index in [9.17, 15) is 0 Å². The summed E-state index contributed by atoms with van der Waals surface area (Å²) in [6.45, 7) is 9.47. The van der Waals surface area contributed by atoms with Gasteiger partial charge in [-0.05, 0) is 64.0 Å². The fourth-order valence-corrected chi connectivity index (χ4v) is 5.28. The number of hydrogen-bond acceptors (Lipinski definition) is 0. The van der Waals surface area contributed by atoms with Crippen molar-refractivity contribution in [2.45, 2.75) is 40.0 Å². The molecule has 0 fully saturated rings. The lowest BCUT2D eigenvalue weighted by atomic mass is 9.69. The maximum atomic E-state index is 2.44. The Morgan fingerprint density at radius 1 is 0.852 bits per heavy atom. The van der Waals surface area contributed by atoms with Crippen LogP contribution in [0.5, 0.6) is 0 Å². The number of hydrogen-bond donors (Lipinski definition) is 0. The molecular formula is C27H26. The van der Waals surface area contributed by atoms with Crippen LogP contribution in [0.1, 0.15) is 55.9 Å². The topological polar surface area (TPSA) is 0 Å². The Kier molecular flexibility index (Phi) is 3.49. The molecular weight excluding hydrogens is 324 g/mol. The Hall–Kier alpha value is -2.60. The molecule has 27 heavy (non-hydrogen) atoms. The van der Waals surface area contributed by atoms with Gasteiger partial charge in [-0.25, -0.2) is 0 Å². The molecule has 0 spiro atoms. The standard InChI is InChI=1S/C27H26/c1-17-13-24-18(2)23-12-8-7-11-21(23)16-25(24)26(17)27(3,4)22-14-19-9-5-6-10-20(19)15-22/h5-14,16,18H,15H2,1-4H3. The zero-order chi connectivity index (χ0) is 18.8. The second kappa shape index (κ2) is 5.70. The van der Waals surface area contributed by atoms with Gasteiger partial charge in [0.05, 0.1) is 0 Å². The molecule has 3 aliphatic rings. The molecule has 0 heterocycles. The molecule has 0 bridgehead atoms. The second-order valence-electron chi connectivity index (χ2n) is 8.74. The summed E-state index contributed by atoms with van der Waals surface area (Å²) in [5.41, 5.74) is 13.1. The van der Waals surface area contributed by atoms with Gasteiger partial charge in [-0.3, -0.25) is 0 Å². The van der Waals surface area contributed by atoms with E-state index in [0.717, 1.165) is 6.42 Å². The number of fused-ring (bicyclic) bond motifs is 3. The Morgan fingerprint density at radius 2 is 1.56 bits per heavy atom. The summed E-state index contributed by atoms with van der Waals surface area (Å²) in [5, 5.41) is 0. The molecule has 134 valence electrons. The zero-order valence-corrected chi connectivity index (χ0v) is 16.6. The zero-order valence-electron chi connectivity index (χ0n) is 16.6. The van der Waals surface area contributed by atoms with Gasteiger partial charge in [-0.2, -0.15) is 0 Å². The summed E-state index contributed by atoms with van der Waals surface area (Å²) in [7, 11) is 0. The lowest BCUT2D eigenvalue weighted by Crippen LogP contribution is -2.21. The van der Waals surface area contributed by atoms with E-state index in [1.54, 1.807) is 0 Å². The van der Waals surface area contributed by atoms with E-state index in [1.807, 2.05) is 0 Å². The van der Waals surface area contributed by atoms with Crippen molar-refractivity contribution in [2.24, 2.45) is 5.41 Å². The number of benzene rings is 2. The lowest BCUT2D eigenvalue weighted by molar-refractivity contribution is 0.537. The average Bonchev–Trinajstić information content (AvgIpc) is 3.23. The molecule has 3 aliphatic carbocycles. The summed E-state index contributed by atoms with van der Waals surface area (Å²) < 4.78 is 0. The van der Waals surface area contributed by atoms with E-state index in [1.165, 1.54) is 50.1 Å². The van der Waals surface area contributed by atoms with Crippen LogP contribution in [0.3, 0.4) is 0 Å². The largest absolute Gasteiger partial charge is 0.0619 e. The van der Waals surface area contributed by atoms with E-state index in [-0.39, 0.29) is 5.41 Å². The van der Waals surface area contributed by atoms with Gasteiger partial charge in [0.2, 0.25) is 0 Å². The lowest BCUT2D eigenvalue weighted by Gasteiger charge is -2.34. The van der Waals surface area contributed by atoms with Crippen molar-refractivity contribution < 1.29 is 0 Å². The summed E-state index contributed by atoms with van der Waals surface area (Å²) in [6, 6.07) is 17.7. The third-order valence-electron chi connectivity index (χ3n) is 6.77. The molecule has 0 aliphatic heterocycles. The minimum atomic E-state index is 0.0270. The quantitative estimate of drug-likeness (QED) is 0.541. The van der Waals surface area contributed by atoms with Crippen molar-refractivity contribution in [2.75, 3.05) is 0 Å². The second-order valence-corrected chi connectivity index (χ2v) is 8.74. The van der Waals surface area contributed by atoms with Crippen LogP contribution in [0, 0.1) is 5.41 Å². The van der Waals surface area contributed by atoms with E-state index in [0.29, 0.717) is 5.92 Å². The van der Waals surface area contributed by atoms with Crippen LogP contribution < -0.4 is 0 Å². The van der Waals surface area contributed by atoms with Crippen LogP contribution >= 0.6 is 0 Å². The molecule has 2 aromatic rings. The van der Waals surface area contributed by atoms with E-state index in [2.05, 4.69) is 94.5 Å². The molecule has 0 saturated carbocycles. The van der Waals surface area contributed by atoms with Crippen LogP contribution in [0.2, 0.25) is 0 Å². The molecule has 1 atom stereocenters. The maximum absolute atomic E-state index is 2.44. The molecule has 0 amide bonds. The average molecular weight is 351 g/mol. The molecule has 0 heteroatoms. The van der Waals surface area contributed by atoms with Gasteiger partial charge in [-0.15, -0.1) is 0 Å². The Balaban J connectivity index is 1.60. The monoisotopic (exact) mass is 350 g/mol. The first-order valence-electron chi connectivity index (χ1n) is 10.00. The fraction of sp³-hybridized carbons (Fsp3) is 0.259. The molecule has 5 rings (SSSR count). The van der Waals surface area contributed by atoms with Crippen LogP contribution in [0.4, 0.5) is 0 Å². The minimum Gasteiger partial charge on any atom is -0.0619 e. The molecule has 0 aromatic heterocycles. The van der Waals surface area contributed by atoms with Crippen molar-refractivity contribution in [1.29, 1.82) is 0 Å². The summed E-state index contributed by atoms with van der Waals surface area (Å²) in [6.07, 6.45) is 8.35. The van der Waals surface area contributed by atoms with Gasteiger partial charge in [0.1, 0.15) is 0 Å². The summed E-state index contributed by atoms with van der Waals surface area (Å²) in [4.78, 5) is 0. The molecule has 2 aromatic carbocycles. The third kappa shape index (κ3) is 2.36. The van der Waals surface area contributed by atoms with Crippen LogP contribution in [0.15, 0.2) is 82.5 Å². The van der Waals surface area contributed by atoms with E-state index in [4.69, 9.17) is 0 Å². The first-order valence-corrected chi connectivity index (χ1v) is 10.00. The van der Waals surface area contributed by atoms with Crippen molar-refractivity contribution in [3.63, 3.8) is 0 Å². The van der Waals surface area contributed by atoms with Crippen LogP contribution in [0.25, 0.3) is 12.2 Å². The molecule has 0 nitrogen and oxygen atoms in total. The third-order valence-corrected chi connectivity index (χ3v) is 6.77. The van der Waals surface area contributed by atoms with Crippen molar-refractivity contribution in [3.8, 4) is 0 Å². The SMILES string of the molecule is CC1=C(C(C)(C)C2=Cc3ccccc3C2)C2=Cc3ccccc3C(C)C2=C1. The van der Waals surface area contributed by atoms with Crippen molar-refractivity contribution in [1.82, 2.24) is 0 Å². The van der Waals surface area contributed by atoms with Crippen LogP contribution in [-0.4, -0.2) is 0 Å². The van der Waals surface area contributed by atoms with Gasteiger partial charge in [0.25, 0.3) is 0 Å². The highest BCUT2D eigenvalue weighted by molar-refractivity contribution is 5.80. The van der Waals surface area contributed by atoms with Crippen molar-refractivity contribution >= 4 is 12.2 Å². The van der Waals surface area contributed by atoms with Gasteiger partial charge < -0.3 is 0 Å². The summed E-state index contributed by atoms with van der Waals surface area (Å²) in [5.74, 6) is 0.458. The first-order chi connectivity index (χ1) is 13.0. The van der Waals surface area contributed by atoms with Crippen molar-refractivity contribution in [3.05, 3.63) is 105 Å². The molecule has 0 saturated heterocycles. The Morgan fingerprint density at radius 3 is 2.33 bits per heavy atom. The van der Waals surface area contributed by atoms with Gasteiger partial charge in [0, 0.05) is 11.3 Å². The van der Waals surface area contributed by atoms with E-state index >= 15 is 0 Å². The van der Waals surface area contributed by atoms with E-state index < -0.39 is 0 Å². The van der Waals surface area contributed by atoms with Gasteiger partial charge in [0.15, 0.2) is 0 Å². The highest BCUT2D eigenvalue weighted by Gasteiger charge is 2.39. The smallest absolute Gasteiger partial charge is 0.0120 e. The van der Waals surface area contributed by atoms with Gasteiger partial charge >= 0.3 is 0 Å².